The molecule has 0 spiro atoms. The number of carbonyl (C=O) groups excluding carboxylic acids is 1. The molecule has 5 nitrogen and oxygen atoms in total. The maximum Gasteiger partial charge on any atom is 0.221 e. The van der Waals surface area contributed by atoms with Gasteiger partial charge in [-0.2, -0.15) is 0 Å². The normalized spacial score (nSPS) is 10.7. The summed E-state index contributed by atoms with van der Waals surface area (Å²) in [5.41, 5.74) is 2.59. The van der Waals surface area contributed by atoms with Crippen LogP contribution in [0.4, 0.5) is 5.69 Å². The standard InChI is InChI=1S/C20H15N3O2S/c1-13(24)22-14-6-8-15(9-7-14)25-18-5-3-2-4-16(18)20-23-17-10-11-21-12-19(17)26-20/h2-12H,1H3,(H,22,24). The average molecular weight is 361 g/mol. The highest BCUT2D eigenvalue weighted by atomic mass is 32.1. The number of hydrogen-bond acceptors (Lipinski definition) is 5. The van der Waals surface area contributed by atoms with Gasteiger partial charge in [-0.25, -0.2) is 4.98 Å². The van der Waals surface area contributed by atoms with Crippen LogP contribution in [0.2, 0.25) is 0 Å². The zero-order valence-corrected chi connectivity index (χ0v) is 14.8. The molecule has 128 valence electrons. The van der Waals surface area contributed by atoms with E-state index in [1.54, 1.807) is 17.5 Å². The molecule has 0 aliphatic carbocycles. The molecule has 1 N–H and O–H groups in total. The second-order valence-corrected chi connectivity index (χ2v) is 6.70. The molecule has 0 saturated carbocycles. The van der Waals surface area contributed by atoms with Crippen LogP contribution in [0.1, 0.15) is 6.92 Å². The molecule has 6 heteroatoms. The third-order valence-corrected chi connectivity index (χ3v) is 4.75. The molecule has 1 amide bonds. The van der Waals surface area contributed by atoms with E-state index in [9.17, 15) is 4.79 Å². The van der Waals surface area contributed by atoms with Crippen LogP contribution in [-0.4, -0.2) is 15.9 Å². The molecule has 4 rings (SSSR count). The van der Waals surface area contributed by atoms with Gasteiger partial charge in [0.05, 0.1) is 15.8 Å². The van der Waals surface area contributed by atoms with Gasteiger partial charge >= 0.3 is 0 Å². The van der Waals surface area contributed by atoms with Gasteiger partial charge in [0.25, 0.3) is 0 Å². The summed E-state index contributed by atoms with van der Waals surface area (Å²) in [5, 5.41) is 3.63. The van der Waals surface area contributed by atoms with Gasteiger partial charge < -0.3 is 10.1 Å². The molecule has 0 bridgehead atoms. The van der Waals surface area contributed by atoms with E-state index in [2.05, 4.69) is 15.3 Å². The number of benzene rings is 2. The Bertz CT molecular complexity index is 1040. The highest BCUT2D eigenvalue weighted by molar-refractivity contribution is 7.21. The molecule has 2 heterocycles. The van der Waals surface area contributed by atoms with Crippen molar-refractivity contribution in [1.29, 1.82) is 0 Å². The Balaban J connectivity index is 1.64. The second kappa shape index (κ2) is 6.93. The highest BCUT2D eigenvalue weighted by Gasteiger charge is 2.12. The summed E-state index contributed by atoms with van der Waals surface area (Å²) in [5.74, 6) is 1.32. The van der Waals surface area contributed by atoms with Crippen molar-refractivity contribution in [3.63, 3.8) is 0 Å². The summed E-state index contributed by atoms with van der Waals surface area (Å²) in [6, 6.07) is 17.0. The highest BCUT2D eigenvalue weighted by Crippen LogP contribution is 2.37. The number of pyridine rings is 1. The minimum absolute atomic E-state index is 0.102. The molecule has 2 aromatic heterocycles. The van der Waals surface area contributed by atoms with E-state index >= 15 is 0 Å². The van der Waals surface area contributed by atoms with Gasteiger partial charge in [-0.05, 0) is 42.5 Å². The predicted molar refractivity (Wildman–Crippen MR) is 104 cm³/mol. The van der Waals surface area contributed by atoms with Gasteiger partial charge in [-0.15, -0.1) is 11.3 Å². The first-order valence-corrected chi connectivity index (χ1v) is 8.86. The number of ether oxygens (including phenoxy) is 1. The molecule has 26 heavy (non-hydrogen) atoms. The van der Waals surface area contributed by atoms with E-state index < -0.39 is 0 Å². The van der Waals surface area contributed by atoms with Crippen LogP contribution in [0.3, 0.4) is 0 Å². The lowest BCUT2D eigenvalue weighted by Gasteiger charge is -2.10. The molecule has 0 aliphatic heterocycles. The third-order valence-electron chi connectivity index (χ3n) is 3.71. The van der Waals surface area contributed by atoms with Crippen molar-refractivity contribution < 1.29 is 9.53 Å². The van der Waals surface area contributed by atoms with Gasteiger partial charge in [0.1, 0.15) is 16.5 Å². The number of carbonyl (C=O) groups is 1. The average Bonchev–Trinajstić information content (AvgIpc) is 3.07. The minimum Gasteiger partial charge on any atom is -0.457 e. The van der Waals surface area contributed by atoms with E-state index in [0.717, 1.165) is 32.2 Å². The zero-order chi connectivity index (χ0) is 17.9. The van der Waals surface area contributed by atoms with Crippen LogP contribution in [-0.2, 0) is 4.79 Å². The van der Waals surface area contributed by atoms with Crippen molar-refractivity contribution in [2.75, 3.05) is 5.32 Å². The van der Waals surface area contributed by atoms with Gasteiger partial charge in [-0.3, -0.25) is 9.78 Å². The van der Waals surface area contributed by atoms with Crippen LogP contribution in [0, 0.1) is 0 Å². The van der Waals surface area contributed by atoms with Crippen LogP contribution < -0.4 is 10.1 Å². The van der Waals surface area contributed by atoms with Crippen LogP contribution in [0.5, 0.6) is 11.5 Å². The summed E-state index contributed by atoms with van der Waals surface area (Å²) >= 11 is 1.58. The predicted octanol–water partition coefficient (Wildman–Crippen LogP) is 5.11. The largest absolute Gasteiger partial charge is 0.457 e. The molecule has 0 unspecified atom stereocenters. The Hall–Kier alpha value is -3.25. The van der Waals surface area contributed by atoms with Gasteiger partial charge in [0.15, 0.2) is 0 Å². The van der Waals surface area contributed by atoms with Crippen molar-refractivity contribution in [3.8, 4) is 22.1 Å². The fourth-order valence-corrected chi connectivity index (χ4v) is 3.53. The lowest BCUT2D eigenvalue weighted by atomic mass is 10.2. The van der Waals surface area contributed by atoms with E-state index in [0.29, 0.717) is 5.75 Å². The number of fused-ring (bicyclic) bond motifs is 1. The fourth-order valence-electron chi connectivity index (χ4n) is 2.56. The van der Waals surface area contributed by atoms with Crippen molar-refractivity contribution in [3.05, 3.63) is 67.0 Å². The zero-order valence-electron chi connectivity index (χ0n) is 14.0. The number of rotatable bonds is 4. The van der Waals surface area contributed by atoms with Gasteiger partial charge in [-0.1, -0.05) is 12.1 Å². The van der Waals surface area contributed by atoms with Crippen LogP contribution in [0.25, 0.3) is 20.8 Å². The number of hydrogen-bond donors (Lipinski definition) is 1. The van der Waals surface area contributed by atoms with Gasteiger partial charge in [0, 0.05) is 25.0 Å². The third kappa shape index (κ3) is 3.41. The maximum absolute atomic E-state index is 11.1. The summed E-state index contributed by atoms with van der Waals surface area (Å²) < 4.78 is 7.10. The quantitative estimate of drug-likeness (QED) is 0.549. The summed E-state index contributed by atoms with van der Waals surface area (Å²) in [6.45, 7) is 1.48. The maximum atomic E-state index is 11.1. The number of aromatic nitrogens is 2. The lowest BCUT2D eigenvalue weighted by molar-refractivity contribution is -0.114. The number of thiazole rings is 1. The fraction of sp³-hybridized carbons (Fsp3) is 0.0500. The number of anilines is 1. The summed E-state index contributed by atoms with van der Waals surface area (Å²) in [4.78, 5) is 19.9. The monoisotopic (exact) mass is 361 g/mol. The Morgan fingerprint density at radius 2 is 1.88 bits per heavy atom. The molecule has 4 aromatic rings. The molecular formula is C20H15N3O2S. The molecule has 0 saturated heterocycles. The van der Waals surface area contributed by atoms with E-state index in [1.165, 1.54) is 6.92 Å². The Labute approximate surface area is 154 Å². The lowest BCUT2D eigenvalue weighted by Crippen LogP contribution is -2.05. The summed E-state index contributed by atoms with van der Waals surface area (Å²) in [6.07, 6.45) is 3.56. The Morgan fingerprint density at radius 1 is 1.08 bits per heavy atom. The van der Waals surface area contributed by atoms with Crippen molar-refractivity contribution >= 4 is 33.1 Å². The number of para-hydroxylation sites is 1. The van der Waals surface area contributed by atoms with E-state index in [-0.39, 0.29) is 5.91 Å². The molecule has 0 fully saturated rings. The molecular weight excluding hydrogens is 346 g/mol. The minimum atomic E-state index is -0.102. The van der Waals surface area contributed by atoms with Crippen molar-refractivity contribution in [1.82, 2.24) is 9.97 Å². The van der Waals surface area contributed by atoms with Crippen molar-refractivity contribution in [2.24, 2.45) is 0 Å². The topological polar surface area (TPSA) is 64.1 Å². The van der Waals surface area contributed by atoms with E-state index in [1.807, 2.05) is 60.8 Å². The smallest absolute Gasteiger partial charge is 0.221 e. The summed E-state index contributed by atoms with van der Waals surface area (Å²) in [7, 11) is 0. The first-order chi connectivity index (χ1) is 12.7. The van der Waals surface area contributed by atoms with E-state index in [4.69, 9.17) is 4.74 Å². The van der Waals surface area contributed by atoms with Crippen molar-refractivity contribution in [2.45, 2.75) is 6.92 Å². The Kier molecular flexibility index (Phi) is 4.33. The molecule has 0 radical (unpaired) electrons. The first kappa shape index (κ1) is 16.2. The number of amides is 1. The second-order valence-electron chi connectivity index (χ2n) is 5.67. The first-order valence-electron chi connectivity index (χ1n) is 8.04. The van der Waals surface area contributed by atoms with Crippen LogP contribution in [0.15, 0.2) is 67.0 Å². The molecule has 0 aliphatic rings. The van der Waals surface area contributed by atoms with Crippen LogP contribution >= 0.6 is 11.3 Å². The molecule has 2 aromatic carbocycles. The Morgan fingerprint density at radius 3 is 2.65 bits per heavy atom. The SMILES string of the molecule is CC(=O)Nc1ccc(Oc2ccccc2-c2nc3ccncc3s2)cc1. The van der Waals surface area contributed by atoms with Gasteiger partial charge in [0.2, 0.25) is 5.91 Å². The number of nitrogens with one attached hydrogen (secondary N) is 1. The molecule has 0 atom stereocenters. The number of nitrogens with zero attached hydrogens (tertiary/aromatic N) is 2.